The highest BCUT2D eigenvalue weighted by molar-refractivity contribution is 7.18. The summed E-state index contributed by atoms with van der Waals surface area (Å²) in [5.41, 5.74) is 0. The maximum Gasteiger partial charge on any atom is 0.349 e. The summed E-state index contributed by atoms with van der Waals surface area (Å²) in [7, 11) is 0. The molecule has 2 N–H and O–H groups in total. The molecular weight excluding hydrogens is 316 g/mol. The van der Waals surface area contributed by atoms with E-state index in [-0.39, 0.29) is 17.9 Å². The lowest BCUT2D eigenvalue weighted by atomic mass is 9.95. The Bertz CT molecular complexity index is 578. The van der Waals surface area contributed by atoms with Crippen molar-refractivity contribution in [1.29, 1.82) is 0 Å². The van der Waals surface area contributed by atoms with Gasteiger partial charge in [-0.05, 0) is 31.9 Å². The first-order valence-corrected chi connectivity index (χ1v) is 8.66. The fraction of sp³-hybridized carbons (Fsp3) is 0.562. The van der Waals surface area contributed by atoms with Gasteiger partial charge in [0.1, 0.15) is 4.88 Å². The second kappa shape index (κ2) is 8.10. The average molecular weight is 338 g/mol. The van der Waals surface area contributed by atoms with E-state index in [0.717, 1.165) is 37.0 Å². The number of thiophene rings is 1. The van der Waals surface area contributed by atoms with Gasteiger partial charge in [-0.2, -0.15) is 0 Å². The Morgan fingerprint density at radius 2 is 1.91 bits per heavy atom. The van der Waals surface area contributed by atoms with Crippen molar-refractivity contribution in [2.24, 2.45) is 0 Å². The predicted octanol–water partition coefficient (Wildman–Crippen LogP) is 2.70. The van der Waals surface area contributed by atoms with Gasteiger partial charge >= 0.3 is 5.97 Å². The van der Waals surface area contributed by atoms with Crippen LogP contribution < -0.4 is 10.6 Å². The highest BCUT2D eigenvalue weighted by atomic mass is 32.1. The zero-order chi connectivity index (χ0) is 16.8. The topological polar surface area (TPSA) is 84.5 Å². The molecular formula is C16H22N2O4S. The number of nitrogens with one attached hydrogen (secondary N) is 2. The standard InChI is InChI=1S/C16H22N2O4S/c1-10(15(20)18-12-6-4-3-5-7-12)22-16(21)13-8-9-14(23-13)17-11(2)19/h8-10,12H,3-7H2,1-2H3,(H,17,19)(H,18,20)/t10-/m0/s1. The first-order valence-electron chi connectivity index (χ1n) is 7.84. The van der Waals surface area contributed by atoms with E-state index in [1.165, 1.54) is 13.3 Å². The lowest BCUT2D eigenvalue weighted by molar-refractivity contribution is -0.130. The quantitative estimate of drug-likeness (QED) is 0.809. The molecule has 0 spiro atoms. The summed E-state index contributed by atoms with van der Waals surface area (Å²) >= 11 is 1.12. The van der Waals surface area contributed by atoms with Crippen molar-refractivity contribution < 1.29 is 19.1 Å². The first kappa shape index (κ1) is 17.5. The molecule has 1 fully saturated rings. The minimum atomic E-state index is -0.837. The van der Waals surface area contributed by atoms with Gasteiger partial charge < -0.3 is 15.4 Å². The van der Waals surface area contributed by atoms with Crippen LogP contribution in [0.15, 0.2) is 12.1 Å². The molecule has 2 rings (SSSR count). The molecule has 7 heteroatoms. The zero-order valence-electron chi connectivity index (χ0n) is 13.4. The van der Waals surface area contributed by atoms with Crippen LogP contribution in [0.1, 0.15) is 55.6 Å². The van der Waals surface area contributed by atoms with Crippen LogP contribution in [-0.2, 0) is 14.3 Å². The van der Waals surface area contributed by atoms with Crippen molar-refractivity contribution in [2.75, 3.05) is 5.32 Å². The monoisotopic (exact) mass is 338 g/mol. The summed E-state index contributed by atoms with van der Waals surface area (Å²) in [5, 5.41) is 6.11. The molecule has 0 saturated heterocycles. The van der Waals surface area contributed by atoms with E-state index in [1.807, 2.05) is 0 Å². The van der Waals surface area contributed by atoms with Crippen LogP contribution in [0, 0.1) is 0 Å². The molecule has 126 valence electrons. The number of ether oxygens (including phenoxy) is 1. The van der Waals surface area contributed by atoms with Gasteiger partial charge in [-0.25, -0.2) is 4.79 Å². The fourth-order valence-corrected chi connectivity index (χ4v) is 3.36. The summed E-state index contributed by atoms with van der Waals surface area (Å²) in [6.45, 7) is 2.97. The second-order valence-corrected chi connectivity index (χ2v) is 6.82. The molecule has 0 bridgehead atoms. The Kier molecular flexibility index (Phi) is 6.15. The van der Waals surface area contributed by atoms with Gasteiger partial charge in [0, 0.05) is 13.0 Å². The van der Waals surface area contributed by atoms with E-state index >= 15 is 0 Å². The van der Waals surface area contributed by atoms with Crippen LogP contribution in [0.3, 0.4) is 0 Å². The minimum absolute atomic E-state index is 0.186. The van der Waals surface area contributed by atoms with Gasteiger partial charge in [-0.15, -0.1) is 11.3 Å². The minimum Gasteiger partial charge on any atom is -0.448 e. The van der Waals surface area contributed by atoms with Crippen molar-refractivity contribution >= 4 is 34.1 Å². The Hall–Kier alpha value is -1.89. The number of esters is 1. The van der Waals surface area contributed by atoms with Crippen molar-refractivity contribution in [2.45, 2.75) is 58.1 Å². The molecule has 0 unspecified atom stereocenters. The maximum atomic E-state index is 12.1. The lowest BCUT2D eigenvalue weighted by Gasteiger charge is -2.24. The number of carbonyl (C=O) groups excluding carboxylic acids is 3. The third-order valence-electron chi connectivity index (χ3n) is 3.71. The first-order chi connectivity index (χ1) is 11.0. The highest BCUT2D eigenvalue weighted by Crippen LogP contribution is 2.23. The van der Waals surface area contributed by atoms with Crippen LogP contribution in [0.5, 0.6) is 0 Å². The van der Waals surface area contributed by atoms with E-state index in [1.54, 1.807) is 19.1 Å². The molecule has 1 aromatic heterocycles. The second-order valence-electron chi connectivity index (χ2n) is 5.74. The van der Waals surface area contributed by atoms with Gasteiger partial charge in [0.15, 0.2) is 6.10 Å². The van der Waals surface area contributed by atoms with Gasteiger partial charge in [-0.1, -0.05) is 19.3 Å². The van der Waals surface area contributed by atoms with Gasteiger partial charge in [0.25, 0.3) is 5.91 Å². The predicted molar refractivity (Wildman–Crippen MR) is 88.5 cm³/mol. The molecule has 0 aromatic carbocycles. The molecule has 1 aliphatic rings. The third kappa shape index (κ3) is 5.35. The summed E-state index contributed by atoms with van der Waals surface area (Å²) in [6, 6.07) is 3.39. The maximum absolute atomic E-state index is 12.1. The fourth-order valence-electron chi connectivity index (χ4n) is 2.53. The van der Waals surface area contributed by atoms with Crippen molar-refractivity contribution in [1.82, 2.24) is 5.32 Å². The average Bonchev–Trinajstić information content (AvgIpc) is 2.96. The van der Waals surface area contributed by atoms with Gasteiger partial charge in [0.2, 0.25) is 5.91 Å². The Morgan fingerprint density at radius 3 is 2.57 bits per heavy atom. The summed E-state index contributed by atoms with van der Waals surface area (Å²) in [5.74, 6) is -1.02. The summed E-state index contributed by atoms with van der Waals surface area (Å²) in [6.07, 6.45) is 4.59. The van der Waals surface area contributed by atoms with Crippen molar-refractivity contribution in [3.63, 3.8) is 0 Å². The van der Waals surface area contributed by atoms with E-state index in [9.17, 15) is 14.4 Å². The molecule has 0 aliphatic heterocycles. The largest absolute Gasteiger partial charge is 0.448 e. The third-order valence-corrected chi connectivity index (χ3v) is 4.69. The number of rotatable bonds is 5. The number of hydrogen-bond acceptors (Lipinski definition) is 5. The summed E-state index contributed by atoms with van der Waals surface area (Å²) in [4.78, 5) is 35.5. The molecule has 0 radical (unpaired) electrons. The molecule has 1 aliphatic carbocycles. The normalized spacial score (nSPS) is 16.4. The van der Waals surface area contributed by atoms with Crippen LogP contribution in [0.25, 0.3) is 0 Å². The zero-order valence-corrected chi connectivity index (χ0v) is 14.2. The van der Waals surface area contributed by atoms with Crippen molar-refractivity contribution in [3.05, 3.63) is 17.0 Å². The van der Waals surface area contributed by atoms with Crippen LogP contribution >= 0.6 is 11.3 Å². The SMILES string of the molecule is CC(=O)Nc1ccc(C(=O)O[C@@H](C)C(=O)NC2CCCCC2)s1. The number of anilines is 1. The van der Waals surface area contributed by atoms with E-state index in [0.29, 0.717) is 9.88 Å². The Balaban J connectivity index is 1.84. The molecule has 2 amide bonds. The number of carbonyl (C=O) groups is 3. The Labute approximate surface area is 139 Å². The van der Waals surface area contributed by atoms with Crippen LogP contribution in [0.2, 0.25) is 0 Å². The highest BCUT2D eigenvalue weighted by Gasteiger charge is 2.23. The molecule has 1 aromatic rings. The van der Waals surface area contributed by atoms with Gasteiger partial charge in [-0.3, -0.25) is 9.59 Å². The molecule has 6 nitrogen and oxygen atoms in total. The number of hydrogen-bond donors (Lipinski definition) is 2. The van der Waals surface area contributed by atoms with Gasteiger partial charge in [0.05, 0.1) is 5.00 Å². The molecule has 23 heavy (non-hydrogen) atoms. The Morgan fingerprint density at radius 1 is 1.22 bits per heavy atom. The molecule has 1 heterocycles. The number of amides is 2. The van der Waals surface area contributed by atoms with Crippen LogP contribution in [0.4, 0.5) is 5.00 Å². The molecule has 1 saturated carbocycles. The smallest absolute Gasteiger partial charge is 0.349 e. The molecule has 1 atom stereocenters. The van der Waals surface area contributed by atoms with Crippen molar-refractivity contribution in [3.8, 4) is 0 Å². The van der Waals surface area contributed by atoms with Crippen LogP contribution in [-0.4, -0.2) is 29.9 Å². The lowest BCUT2D eigenvalue weighted by Crippen LogP contribution is -2.42. The van der Waals surface area contributed by atoms with E-state index < -0.39 is 12.1 Å². The summed E-state index contributed by atoms with van der Waals surface area (Å²) < 4.78 is 5.20. The van der Waals surface area contributed by atoms with E-state index in [4.69, 9.17) is 4.74 Å². The van der Waals surface area contributed by atoms with E-state index in [2.05, 4.69) is 10.6 Å².